The number of hydrogen-bond donors (Lipinski definition) is 2. The van der Waals surface area contributed by atoms with Crippen molar-refractivity contribution in [1.82, 2.24) is 5.32 Å². The van der Waals surface area contributed by atoms with Crippen molar-refractivity contribution in [3.05, 3.63) is 22.8 Å². The van der Waals surface area contributed by atoms with Crippen molar-refractivity contribution < 1.29 is 14.3 Å². The molecule has 3 rings (SSSR count). The minimum atomic E-state index is 0.0124. The van der Waals surface area contributed by atoms with Crippen LogP contribution >= 0.6 is 0 Å². The molecule has 1 amide bonds. The third-order valence-corrected chi connectivity index (χ3v) is 5.39. The Morgan fingerprint density at radius 3 is 2.88 bits per heavy atom. The molecule has 2 unspecified atom stereocenters. The molecule has 25 heavy (non-hydrogen) atoms. The highest BCUT2D eigenvalue weighted by atomic mass is 16.5. The fourth-order valence-electron chi connectivity index (χ4n) is 4.06. The summed E-state index contributed by atoms with van der Waals surface area (Å²) in [6.07, 6.45) is 4.50. The molecule has 136 valence electrons. The Kier molecular flexibility index (Phi) is 5.42. The van der Waals surface area contributed by atoms with Crippen molar-refractivity contribution in [2.24, 2.45) is 5.92 Å². The lowest BCUT2D eigenvalue weighted by Gasteiger charge is -2.32. The summed E-state index contributed by atoms with van der Waals surface area (Å²) in [6, 6.07) is 1.83. The number of nitrogens with one attached hydrogen (secondary N) is 2. The van der Waals surface area contributed by atoms with Gasteiger partial charge in [-0.3, -0.25) is 9.59 Å². The van der Waals surface area contributed by atoms with E-state index in [-0.39, 0.29) is 23.5 Å². The van der Waals surface area contributed by atoms with Gasteiger partial charge in [-0.15, -0.1) is 0 Å². The molecular weight excluding hydrogens is 316 g/mol. The third kappa shape index (κ3) is 3.43. The van der Waals surface area contributed by atoms with Crippen LogP contribution in [0.5, 0.6) is 5.75 Å². The molecule has 2 N–H and O–H groups in total. The number of ether oxygens (including phenoxy) is 1. The molecule has 5 nitrogen and oxygen atoms in total. The van der Waals surface area contributed by atoms with Gasteiger partial charge in [0.15, 0.2) is 5.78 Å². The predicted octanol–water partition coefficient (Wildman–Crippen LogP) is 3.28. The zero-order valence-electron chi connectivity index (χ0n) is 15.4. The second-order valence-corrected chi connectivity index (χ2v) is 7.20. The zero-order valence-corrected chi connectivity index (χ0v) is 15.4. The van der Waals surface area contributed by atoms with Gasteiger partial charge in [-0.2, -0.15) is 0 Å². The number of unbranched alkanes of at least 4 members (excludes halogenated alkanes) is 1. The van der Waals surface area contributed by atoms with E-state index in [9.17, 15) is 9.59 Å². The molecule has 0 aromatic heterocycles. The Labute approximate surface area is 149 Å². The topological polar surface area (TPSA) is 67.4 Å². The highest BCUT2D eigenvalue weighted by molar-refractivity contribution is 6.04. The number of hydrogen-bond acceptors (Lipinski definition) is 4. The number of ketones is 1. The summed E-state index contributed by atoms with van der Waals surface area (Å²) < 4.78 is 5.49. The normalized spacial score (nSPS) is 22.2. The van der Waals surface area contributed by atoms with Crippen molar-refractivity contribution in [1.29, 1.82) is 0 Å². The first-order valence-electron chi connectivity index (χ1n) is 9.35. The number of Topliss-reactive ketones (excluding diaryl/α,β-unsaturated/α-hetero) is 1. The maximum Gasteiger partial charge on any atom is 0.225 e. The Morgan fingerprint density at radius 1 is 1.36 bits per heavy atom. The molecule has 2 aliphatic rings. The van der Waals surface area contributed by atoms with Crippen LogP contribution in [0.1, 0.15) is 66.9 Å². The summed E-state index contributed by atoms with van der Waals surface area (Å²) >= 11 is 0. The number of carbonyl (C=O) groups is 2. The van der Waals surface area contributed by atoms with Crippen molar-refractivity contribution >= 4 is 17.4 Å². The number of amides is 1. The molecule has 0 fully saturated rings. The van der Waals surface area contributed by atoms with E-state index >= 15 is 0 Å². The first-order chi connectivity index (χ1) is 12.1. The number of rotatable bonds is 6. The molecule has 0 spiro atoms. The van der Waals surface area contributed by atoms with Gasteiger partial charge in [0.1, 0.15) is 5.75 Å². The highest BCUT2D eigenvalue weighted by Gasteiger charge is 2.35. The lowest BCUT2D eigenvalue weighted by molar-refractivity contribution is -0.116. The Balaban J connectivity index is 1.91. The molecule has 5 heteroatoms. The quantitative estimate of drug-likeness (QED) is 0.777. The molecule has 1 aromatic rings. The van der Waals surface area contributed by atoms with Gasteiger partial charge < -0.3 is 15.4 Å². The summed E-state index contributed by atoms with van der Waals surface area (Å²) in [4.78, 5) is 24.9. The van der Waals surface area contributed by atoms with Gasteiger partial charge in [-0.05, 0) is 48.9 Å². The Morgan fingerprint density at radius 2 is 2.16 bits per heavy atom. The smallest absolute Gasteiger partial charge is 0.225 e. The van der Waals surface area contributed by atoms with Gasteiger partial charge in [-0.25, -0.2) is 0 Å². The predicted molar refractivity (Wildman–Crippen MR) is 98.6 cm³/mol. The minimum Gasteiger partial charge on any atom is -0.495 e. The van der Waals surface area contributed by atoms with Gasteiger partial charge in [-0.1, -0.05) is 20.3 Å². The van der Waals surface area contributed by atoms with E-state index in [4.69, 9.17) is 4.74 Å². The number of methoxy groups -OCH3 is 1. The van der Waals surface area contributed by atoms with Crippen LogP contribution in [0.4, 0.5) is 5.69 Å². The number of anilines is 1. The molecule has 1 aromatic carbocycles. The van der Waals surface area contributed by atoms with Crippen LogP contribution in [0.15, 0.2) is 6.07 Å². The van der Waals surface area contributed by atoms with Gasteiger partial charge in [0.2, 0.25) is 5.91 Å². The number of carbonyl (C=O) groups excluding carboxylic acids is 2. The fourth-order valence-corrected chi connectivity index (χ4v) is 4.06. The maximum atomic E-state index is 13.0. The first kappa shape index (κ1) is 17.9. The van der Waals surface area contributed by atoms with E-state index in [1.807, 2.05) is 6.07 Å². The van der Waals surface area contributed by atoms with Crippen LogP contribution in [-0.2, 0) is 11.2 Å². The molecule has 0 radical (unpaired) electrons. The minimum absolute atomic E-state index is 0.0124. The largest absolute Gasteiger partial charge is 0.495 e. The number of fused-ring (bicyclic) bond motifs is 3. The molecule has 0 bridgehead atoms. The molecule has 1 aliphatic carbocycles. The molecule has 1 aliphatic heterocycles. The van der Waals surface area contributed by atoms with Gasteiger partial charge in [0.25, 0.3) is 0 Å². The molecule has 1 heterocycles. The lowest BCUT2D eigenvalue weighted by atomic mass is 9.76. The zero-order chi connectivity index (χ0) is 18.0. The van der Waals surface area contributed by atoms with Crippen molar-refractivity contribution in [2.45, 2.75) is 51.9 Å². The maximum absolute atomic E-state index is 13.0. The Bertz CT molecular complexity index is 684. The summed E-state index contributed by atoms with van der Waals surface area (Å²) in [5, 5.41) is 6.36. The molecule has 0 saturated carbocycles. The average molecular weight is 344 g/mol. The van der Waals surface area contributed by atoms with Crippen LogP contribution in [0.2, 0.25) is 0 Å². The first-order valence-corrected chi connectivity index (χ1v) is 9.35. The summed E-state index contributed by atoms with van der Waals surface area (Å²) in [5.41, 5.74) is 3.75. The molecule has 2 atom stereocenters. The van der Waals surface area contributed by atoms with Gasteiger partial charge >= 0.3 is 0 Å². The lowest BCUT2D eigenvalue weighted by Crippen LogP contribution is -2.34. The van der Waals surface area contributed by atoms with Gasteiger partial charge in [0, 0.05) is 24.4 Å². The average Bonchev–Trinajstić information content (AvgIpc) is 2.59. The summed E-state index contributed by atoms with van der Waals surface area (Å²) in [7, 11) is 1.59. The van der Waals surface area contributed by atoms with E-state index in [1.54, 1.807) is 7.11 Å². The molecular formula is C20H28N2O3. The van der Waals surface area contributed by atoms with Crippen molar-refractivity contribution in [3.63, 3.8) is 0 Å². The van der Waals surface area contributed by atoms with Crippen LogP contribution in [0.3, 0.4) is 0 Å². The standard InChI is InChI=1S/C20H28N2O3/c1-4-5-8-21-11-13-6-7-14-15(20(13)24)10-16(25-3)19-18(14)12(2)9-17(23)22-19/h10,12-13,21H,4-9,11H2,1-3H3,(H,22,23). The Hall–Kier alpha value is -1.88. The fraction of sp³-hybridized carbons (Fsp3) is 0.600. The van der Waals surface area contributed by atoms with Crippen LogP contribution in [-0.4, -0.2) is 31.9 Å². The molecule has 0 saturated heterocycles. The van der Waals surface area contributed by atoms with Gasteiger partial charge in [0.05, 0.1) is 12.8 Å². The highest BCUT2D eigenvalue weighted by Crippen LogP contribution is 2.45. The van der Waals surface area contributed by atoms with E-state index in [2.05, 4.69) is 24.5 Å². The van der Waals surface area contributed by atoms with Crippen molar-refractivity contribution in [2.75, 3.05) is 25.5 Å². The van der Waals surface area contributed by atoms with Crippen LogP contribution in [0, 0.1) is 5.92 Å². The van der Waals surface area contributed by atoms with Crippen LogP contribution < -0.4 is 15.4 Å². The third-order valence-electron chi connectivity index (χ3n) is 5.39. The van der Waals surface area contributed by atoms with Crippen molar-refractivity contribution in [3.8, 4) is 5.75 Å². The summed E-state index contributed by atoms with van der Waals surface area (Å²) in [6.45, 7) is 5.92. The second-order valence-electron chi connectivity index (χ2n) is 7.20. The SMILES string of the molecule is CCCCNCC1CCc2c(cc(OC)c3c2C(C)CC(=O)N3)C1=O. The van der Waals surface area contributed by atoms with E-state index < -0.39 is 0 Å². The van der Waals surface area contributed by atoms with E-state index in [0.717, 1.165) is 61.2 Å². The monoisotopic (exact) mass is 344 g/mol. The second kappa shape index (κ2) is 7.56. The number of benzene rings is 1. The summed E-state index contributed by atoms with van der Waals surface area (Å²) in [5.74, 6) is 0.954. The van der Waals surface area contributed by atoms with E-state index in [0.29, 0.717) is 12.2 Å². The van der Waals surface area contributed by atoms with Crippen LogP contribution in [0.25, 0.3) is 0 Å². The van der Waals surface area contributed by atoms with E-state index in [1.165, 1.54) is 0 Å².